The second kappa shape index (κ2) is 12.8. The van der Waals surface area contributed by atoms with Gasteiger partial charge < -0.3 is 25.0 Å². The van der Waals surface area contributed by atoms with E-state index in [0.29, 0.717) is 0 Å². The molecule has 2 aromatic rings. The molecule has 1 aromatic heterocycles. The van der Waals surface area contributed by atoms with Gasteiger partial charge >= 0.3 is 5.97 Å². The third-order valence-electron chi connectivity index (χ3n) is 5.30. The van der Waals surface area contributed by atoms with E-state index in [1.807, 2.05) is 0 Å². The number of nitrogens with one attached hydrogen (secondary N) is 2. The Labute approximate surface area is 213 Å². The van der Waals surface area contributed by atoms with Crippen molar-refractivity contribution in [1.29, 1.82) is 0 Å². The summed E-state index contributed by atoms with van der Waals surface area (Å²) in [6, 6.07) is -0.398. The lowest BCUT2D eigenvalue weighted by atomic mass is 10.1. The Morgan fingerprint density at radius 3 is 2.18 bits per heavy atom. The van der Waals surface area contributed by atoms with Gasteiger partial charge in [0.05, 0.1) is 6.42 Å². The van der Waals surface area contributed by atoms with Crippen LogP contribution in [0.1, 0.15) is 39.7 Å². The molecule has 2 amide bonds. The molecule has 0 saturated heterocycles. The number of pyridine rings is 1. The van der Waals surface area contributed by atoms with Crippen LogP contribution in [0.4, 0.5) is 23.2 Å². The molecule has 0 aliphatic carbocycles. The quantitative estimate of drug-likeness (QED) is 0.276. The molecule has 0 aliphatic rings. The van der Waals surface area contributed by atoms with E-state index in [0.717, 1.165) is 4.57 Å². The van der Waals surface area contributed by atoms with Crippen LogP contribution in [0.15, 0.2) is 29.2 Å². The van der Waals surface area contributed by atoms with Crippen molar-refractivity contribution in [3.8, 4) is 5.75 Å². The minimum absolute atomic E-state index is 0.00318. The van der Waals surface area contributed by atoms with Gasteiger partial charge in [0.2, 0.25) is 23.4 Å². The topological polar surface area (TPSA) is 144 Å². The Morgan fingerprint density at radius 1 is 1.05 bits per heavy atom. The van der Waals surface area contributed by atoms with Gasteiger partial charge in [0, 0.05) is 18.2 Å². The van der Waals surface area contributed by atoms with Crippen LogP contribution in [0, 0.1) is 29.2 Å². The highest BCUT2D eigenvalue weighted by Gasteiger charge is 2.30. The van der Waals surface area contributed by atoms with Crippen molar-refractivity contribution >= 4 is 29.3 Å². The standard InChI is InChI=1S/C24H25F4N3O7/c1-4-16(31-7-5-6-14(24(31)37)29-22(35)11(2)3)23(36)30-15(9-18(33)34)17(32)10-38-21-19(27)12(25)8-13(26)20(21)28/h5-8,11,15-16H,4,9-10H2,1-3H3,(H,29,35)(H,30,36)(H,33,34)/t15-,16-/m0/s1. The van der Waals surface area contributed by atoms with Gasteiger partial charge in [-0.3, -0.25) is 24.0 Å². The lowest BCUT2D eigenvalue weighted by molar-refractivity contribution is -0.140. The fourth-order valence-electron chi connectivity index (χ4n) is 3.25. The zero-order chi connectivity index (χ0) is 28.7. The van der Waals surface area contributed by atoms with E-state index in [4.69, 9.17) is 5.11 Å². The van der Waals surface area contributed by atoms with Crippen LogP contribution in [0.3, 0.4) is 0 Å². The number of carboxylic acid groups (broad SMARTS) is 1. The molecule has 38 heavy (non-hydrogen) atoms. The number of anilines is 1. The number of aromatic nitrogens is 1. The van der Waals surface area contributed by atoms with Gasteiger partial charge in [-0.15, -0.1) is 0 Å². The Hall–Kier alpha value is -4.23. The minimum atomic E-state index is -1.91. The van der Waals surface area contributed by atoms with Gasteiger partial charge in [0.25, 0.3) is 5.56 Å². The highest BCUT2D eigenvalue weighted by molar-refractivity contribution is 5.94. The zero-order valence-electron chi connectivity index (χ0n) is 20.5. The maximum atomic E-state index is 13.8. The average molecular weight is 543 g/mol. The van der Waals surface area contributed by atoms with Crippen LogP contribution in [0.2, 0.25) is 0 Å². The molecular formula is C24H25F4N3O7. The van der Waals surface area contributed by atoms with Crippen molar-refractivity contribution in [2.45, 2.75) is 45.7 Å². The molecular weight excluding hydrogens is 518 g/mol. The van der Waals surface area contributed by atoms with Crippen molar-refractivity contribution < 1.29 is 46.6 Å². The number of carbonyl (C=O) groups excluding carboxylic acids is 3. The first-order valence-electron chi connectivity index (χ1n) is 11.3. The molecule has 3 N–H and O–H groups in total. The highest BCUT2D eigenvalue weighted by atomic mass is 19.2. The van der Waals surface area contributed by atoms with Crippen molar-refractivity contribution in [2.75, 3.05) is 11.9 Å². The monoisotopic (exact) mass is 543 g/mol. The van der Waals surface area contributed by atoms with E-state index < -0.39 is 89.2 Å². The molecule has 206 valence electrons. The summed E-state index contributed by atoms with van der Waals surface area (Å²) in [7, 11) is 0. The SMILES string of the molecule is CC[C@@H](C(=O)N[C@@H](CC(=O)O)C(=O)COc1c(F)c(F)cc(F)c1F)n1cccc(NC(=O)C(C)C)c1=O. The highest BCUT2D eigenvalue weighted by Crippen LogP contribution is 2.26. The Balaban J connectivity index is 2.26. The fraction of sp³-hybridized carbons (Fsp3) is 0.375. The molecule has 1 heterocycles. The van der Waals surface area contributed by atoms with Gasteiger partial charge in [-0.1, -0.05) is 20.8 Å². The van der Waals surface area contributed by atoms with E-state index in [1.54, 1.807) is 13.8 Å². The number of ketones is 1. The smallest absolute Gasteiger partial charge is 0.305 e. The number of ether oxygens (including phenoxy) is 1. The molecule has 1 aromatic carbocycles. The van der Waals surface area contributed by atoms with Crippen molar-refractivity contribution in [1.82, 2.24) is 9.88 Å². The number of nitrogens with zero attached hydrogens (tertiary/aromatic N) is 1. The van der Waals surface area contributed by atoms with E-state index in [9.17, 15) is 41.5 Å². The third kappa shape index (κ3) is 7.17. The van der Waals surface area contributed by atoms with E-state index in [-0.39, 0.29) is 18.2 Å². The van der Waals surface area contributed by atoms with Crippen LogP contribution in [-0.4, -0.2) is 45.9 Å². The summed E-state index contributed by atoms with van der Waals surface area (Å²) >= 11 is 0. The van der Waals surface area contributed by atoms with Crippen LogP contribution < -0.4 is 20.9 Å². The first-order valence-corrected chi connectivity index (χ1v) is 11.3. The van der Waals surface area contributed by atoms with Gasteiger partial charge in [-0.25, -0.2) is 8.78 Å². The van der Waals surface area contributed by atoms with Crippen LogP contribution in [0.25, 0.3) is 0 Å². The molecule has 0 unspecified atom stereocenters. The summed E-state index contributed by atoms with van der Waals surface area (Å²) in [4.78, 5) is 61.7. The number of hydrogen-bond donors (Lipinski definition) is 3. The molecule has 0 saturated carbocycles. The third-order valence-corrected chi connectivity index (χ3v) is 5.30. The maximum absolute atomic E-state index is 13.8. The average Bonchev–Trinajstić information content (AvgIpc) is 2.84. The lowest BCUT2D eigenvalue weighted by Crippen LogP contribution is -2.48. The number of aliphatic carboxylic acids is 1. The molecule has 14 heteroatoms. The summed E-state index contributed by atoms with van der Waals surface area (Å²) < 4.78 is 59.9. The molecule has 0 radical (unpaired) electrons. The van der Waals surface area contributed by atoms with Gasteiger partial charge in [-0.2, -0.15) is 8.78 Å². The summed E-state index contributed by atoms with van der Waals surface area (Å²) in [6.45, 7) is 3.49. The zero-order valence-corrected chi connectivity index (χ0v) is 20.5. The number of hydrogen-bond acceptors (Lipinski definition) is 6. The molecule has 0 aliphatic heterocycles. The normalized spacial score (nSPS) is 12.5. The largest absolute Gasteiger partial charge is 0.481 e. The molecule has 0 fully saturated rings. The summed E-state index contributed by atoms with van der Waals surface area (Å²) in [6.07, 6.45) is 0.269. The first-order chi connectivity index (χ1) is 17.8. The van der Waals surface area contributed by atoms with E-state index >= 15 is 0 Å². The molecule has 0 spiro atoms. The summed E-state index contributed by atoms with van der Waals surface area (Å²) in [5.74, 6) is -13.5. The number of carboxylic acids is 1. The number of Topliss-reactive ketones (excluding diaryl/α,β-unsaturated/α-hetero) is 1. The first kappa shape index (κ1) is 30.0. The van der Waals surface area contributed by atoms with Crippen molar-refractivity contribution in [3.63, 3.8) is 0 Å². The number of rotatable bonds is 12. The molecule has 10 nitrogen and oxygen atoms in total. The summed E-state index contributed by atoms with van der Waals surface area (Å²) in [5.41, 5.74) is -0.859. The predicted octanol–water partition coefficient (Wildman–Crippen LogP) is 2.56. The van der Waals surface area contributed by atoms with Gasteiger partial charge in [-0.05, 0) is 18.6 Å². The molecule has 2 atom stereocenters. The molecule has 0 bridgehead atoms. The van der Waals surface area contributed by atoms with Crippen LogP contribution >= 0.6 is 0 Å². The fourth-order valence-corrected chi connectivity index (χ4v) is 3.25. The van der Waals surface area contributed by atoms with Crippen molar-refractivity contribution in [2.24, 2.45) is 5.92 Å². The van der Waals surface area contributed by atoms with Crippen LogP contribution in [-0.2, 0) is 19.2 Å². The number of benzene rings is 1. The summed E-state index contributed by atoms with van der Waals surface area (Å²) in [5, 5.41) is 13.7. The number of halogens is 4. The molecule has 2 rings (SSSR count). The van der Waals surface area contributed by atoms with E-state index in [2.05, 4.69) is 15.4 Å². The van der Waals surface area contributed by atoms with Crippen molar-refractivity contribution in [3.05, 3.63) is 58.0 Å². The maximum Gasteiger partial charge on any atom is 0.305 e. The predicted molar refractivity (Wildman–Crippen MR) is 124 cm³/mol. The van der Waals surface area contributed by atoms with E-state index in [1.165, 1.54) is 25.3 Å². The number of carbonyl (C=O) groups is 4. The number of amides is 2. The van der Waals surface area contributed by atoms with Gasteiger partial charge in [0.1, 0.15) is 24.4 Å². The minimum Gasteiger partial charge on any atom is -0.481 e. The van der Waals surface area contributed by atoms with Crippen LogP contribution in [0.5, 0.6) is 5.75 Å². The second-order valence-electron chi connectivity index (χ2n) is 8.41. The lowest BCUT2D eigenvalue weighted by Gasteiger charge is -2.22. The Kier molecular flexibility index (Phi) is 10.1. The second-order valence-corrected chi connectivity index (χ2v) is 8.41. The Morgan fingerprint density at radius 2 is 1.66 bits per heavy atom. The van der Waals surface area contributed by atoms with Gasteiger partial charge in [0.15, 0.2) is 23.2 Å². The Bertz CT molecular complexity index is 1270.